The Kier molecular flexibility index (Phi) is 5.91. The molecule has 3 rings (SSSR count). The van der Waals surface area contributed by atoms with E-state index in [1.165, 1.54) is 6.42 Å². The van der Waals surface area contributed by atoms with Crippen LogP contribution in [0.5, 0.6) is 5.75 Å². The topological polar surface area (TPSA) is 70.1 Å². The van der Waals surface area contributed by atoms with Crippen LogP contribution in [0.2, 0.25) is 0 Å². The lowest BCUT2D eigenvalue weighted by Gasteiger charge is -2.38. The quantitative estimate of drug-likeness (QED) is 0.766. The third-order valence-electron chi connectivity index (χ3n) is 5.13. The fourth-order valence-electron chi connectivity index (χ4n) is 3.28. The Bertz CT molecular complexity index is 590. The number of nitrogens with zero attached hydrogens (tertiary/aromatic N) is 2. The molecule has 1 heterocycles. The van der Waals surface area contributed by atoms with Crippen LogP contribution in [0, 0.1) is 5.92 Å². The number of ether oxygens (including phenoxy) is 1. The Morgan fingerprint density at radius 2 is 1.76 bits per heavy atom. The van der Waals surface area contributed by atoms with E-state index in [-0.39, 0.29) is 5.56 Å². The van der Waals surface area contributed by atoms with Gasteiger partial charge in [0.1, 0.15) is 5.75 Å². The molecule has 0 spiro atoms. The highest BCUT2D eigenvalue weighted by Gasteiger charge is 2.30. The number of carbonyl (C=O) groups excluding carboxylic acids is 1. The Balaban J connectivity index is 1.31. The lowest BCUT2D eigenvalue weighted by molar-refractivity contribution is -0.139. The van der Waals surface area contributed by atoms with Gasteiger partial charge in [0.05, 0.1) is 12.2 Å². The fourth-order valence-corrected chi connectivity index (χ4v) is 3.28. The minimum Gasteiger partial charge on any atom is -0.494 e. The molecule has 1 saturated heterocycles. The van der Waals surface area contributed by atoms with Gasteiger partial charge in [0.2, 0.25) is 5.91 Å². The van der Waals surface area contributed by atoms with Crippen LogP contribution in [0.3, 0.4) is 0 Å². The summed E-state index contributed by atoms with van der Waals surface area (Å²) in [7, 11) is 0. The lowest BCUT2D eigenvalue weighted by Crippen LogP contribution is -2.51. The highest BCUT2D eigenvalue weighted by molar-refractivity contribution is 5.87. The molecule has 1 amide bonds. The van der Waals surface area contributed by atoms with Crippen LogP contribution >= 0.6 is 0 Å². The molecule has 1 aromatic carbocycles. The van der Waals surface area contributed by atoms with Crippen molar-refractivity contribution in [3.05, 3.63) is 29.8 Å². The summed E-state index contributed by atoms with van der Waals surface area (Å²) >= 11 is 0. The molecule has 0 aromatic heterocycles. The van der Waals surface area contributed by atoms with Gasteiger partial charge in [-0.1, -0.05) is 6.42 Å². The third-order valence-corrected chi connectivity index (χ3v) is 5.13. The zero-order chi connectivity index (χ0) is 17.6. The highest BCUT2D eigenvalue weighted by atomic mass is 16.5. The van der Waals surface area contributed by atoms with Crippen molar-refractivity contribution in [2.45, 2.75) is 25.7 Å². The van der Waals surface area contributed by atoms with Crippen LogP contribution in [-0.4, -0.2) is 66.1 Å². The number of hydrogen-bond donors (Lipinski definition) is 1. The lowest BCUT2D eigenvalue weighted by atomic mass is 9.84. The van der Waals surface area contributed by atoms with E-state index >= 15 is 0 Å². The van der Waals surface area contributed by atoms with Crippen LogP contribution in [-0.2, 0) is 4.79 Å². The predicted molar refractivity (Wildman–Crippen MR) is 93.9 cm³/mol. The maximum Gasteiger partial charge on any atom is 0.335 e. The van der Waals surface area contributed by atoms with Crippen molar-refractivity contribution in [2.75, 3.05) is 39.3 Å². The van der Waals surface area contributed by atoms with Crippen molar-refractivity contribution in [3.8, 4) is 5.75 Å². The monoisotopic (exact) mass is 346 g/mol. The summed E-state index contributed by atoms with van der Waals surface area (Å²) in [5, 5.41) is 8.86. The SMILES string of the molecule is O=C(O)c1ccc(OCCCN2CCN(C(=O)C3CCC3)CC2)cc1. The fraction of sp³-hybridized carbons (Fsp3) is 0.579. The summed E-state index contributed by atoms with van der Waals surface area (Å²) in [6, 6.07) is 6.48. The Labute approximate surface area is 148 Å². The number of piperazine rings is 1. The van der Waals surface area contributed by atoms with Crippen LogP contribution in [0.1, 0.15) is 36.0 Å². The second-order valence-electron chi connectivity index (χ2n) is 6.83. The summed E-state index contributed by atoms with van der Waals surface area (Å²) in [5.41, 5.74) is 0.265. The summed E-state index contributed by atoms with van der Waals surface area (Å²) in [4.78, 5) is 27.4. The Morgan fingerprint density at radius 3 is 2.32 bits per heavy atom. The first-order valence-corrected chi connectivity index (χ1v) is 9.11. The first-order valence-electron chi connectivity index (χ1n) is 9.11. The van der Waals surface area contributed by atoms with Gasteiger partial charge in [0.25, 0.3) is 0 Å². The zero-order valence-corrected chi connectivity index (χ0v) is 14.5. The molecule has 136 valence electrons. The maximum absolute atomic E-state index is 12.2. The van der Waals surface area contributed by atoms with Crippen molar-refractivity contribution < 1.29 is 19.4 Å². The van der Waals surface area contributed by atoms with Crippen molar-refractivity contribution in [3.63, 3.8) is 0 Å². The molecule has 1 saturated carbocycles. The van der Waals surface area contributed by atoms with E-state index in [0.29, 0.717) is 24.2 Å². The molecule has 6 heteroatoms. The van der Waals surface area contributed by atoms with Gasteiger partial charge in [-0.2, -0.15) is 0 Å². The predicted octanol–water partition coefficient (Wildman–Crippen LogP) is 2.10. The number of carboxylic acids is 1. The Hall–Kier alpha value is -2.08. The zero-order valence-electron chi connectivity index (χ0n) is 14.5. The standard InChI is InChI=1S/C19H26N2O4/c22-18(15-3-1-4-15)21-12-10-20(11-13-21)9-2-14-25-17-7-5-16(6-8-17)19(23)24/h5-8,15H,1-4,9-14H2,(H,23,24). The molecule has 6 nitrogen and oxygen atoms in total. The van der Waals surface area contributed by atoms with Crippen LogP contribution in [0.25, 0.3) is 0 Å². The first kappa shape index (κ1) is 17.7. The van der Waals surface area contributed by atoms with Gasteiger partial charge in [0.15, 0.2) is 0 Å². The van der Waals surface area contributed by atoms with Gasteiger partial charge in [-0.05, 0) is 43.5 Å². The van der Waals surface area contributed by atoms with Crippen molar-refractivity contribution in [1.29, 1.82) is 0 Å². The number of carboxylic acid groups (broad SMARTS) is 1. The normalized spacial score (nSPS) is 18.6. The number of benzene rings is 1. The molecule has 25 heavy (non-hydrogen) atoms. The summed E-state index contributed by atoms with van der Waals surface area (Å²) < 4.78 is 5.66. The second kappa shape index (κ2) is 8.34. The van der Waals surface area contributed by atoms with Gasteiger partial charge in [-0.15, -0.1) is 0 Å². The molecular weight excluding hydrogens is 320 g/mol. The maximum atomic E-state index is 12.2. The van der Waals surface area contributed by atoms with Crippen LogP contribution in [0.4, 0.5) is 0 Å². The molecule has 0 radical (unpaired) electrons. The molecule has 1 aliphatic carbocycles. The highest BCUT2D eigenvalue weighted by Crippen LogP contribution is 2.28. The number of rotatable bonds is 7. The van der Waals surface area contributed by atoms with Crippen molar-refractivity contribution in [1.82, 2.24) is 9.80 Å². The van der Waals surface area contributed by atoms with E-state index in [1.54, 1.807) is 24.3 Å². The van der Waals surface area contributed by atoms with Gasteiger partial charge < -0.3 is 14.7 Å². The minimum absolute atomic E-state index is 0.265. The number of hydrogen-bond acceptors (Lipinski definition) is 4. The van der Waals surface area contributed by atoms with Crippen molar-refractivity contribution >= 4 is 11.9 Å². The smallest absolute Gasteiger partial charge is 0.335 e. The number of carbonyl (C=O) groups is 2. The van der Waals surface area contributed by atoms with Gasteiger partial charge in [-0.25, -0.2) is 4.79 Å². The van der Waals surface area contributed by atoms with E-state index in [2.05, 4.69) is 4.90 Å². The first-order chi connectivity index (χ1) is 12.1. The Morgan fingerprint density at radius 1 is 1.08 bits per heavy atom. The van der Waals surface area contributed by atoms with E-state index < -0.39 is 5.97 Å². The summed E-state index contributed by atoms with van der Waals surface area (Å²) in [5.74, 6) is 0.425. The second-order valence-corrected chi connectivity index (χ2v) is 6.83. The average molecular weight is 346 g/mol. The van der Waals surface area contributed by atoms with Gasteiger partial charge in [0, 0.05) is 38.6 Å². The molecule has 1 aromatic rings. The molecule has 2 fully saturated rings. The summed E-state index contributed by atoms with van der Waals surface area (Å²) in [6.45, 7) is 5.11. The van der Waals surface area contributed by atoms with Gasteiger partial charge >= 0.3 is 5.97 Å². The van der Waals surface area contributed by atoms with E-state index in [4.69, 9.17) is 9.84 Å². The minimum atomic E-state index is -0.929. The molecule has 0 unspecified atom stereocenters. The van der Waals surface area contributed by atoms with Gasteiger partial charge in [-0.3, -0.25) is 9.69 Å². The largest absolute Gasteiger partial charge is 0.494 e. The van der Waals surface area contributed by atoms with Crippen LogP contribution < -0.4 is 4.74 Å². The average Bonchev–Trinajstić information content (AvgIpc) is 2.58. The van der Waals surface area contributed by atoms with E-state index in [9.17, 15) is 9.59 Å². The molecule has 1 N–H and O–H groups in total. The van der Waals surface area contributed by atoms with E-state index in [1.807, 2.05) is 4.90 Å². The van der Waals surface area contributed by atoms with E-state index in [0.717, 1.165) is 52.0 Å². The molecule has 2 aliphatic rings. The number of aromatic carboxylic acids is 1. The number of amides is 1. The molecular formula is C19H26N2O4. The summed E-state index contributed by atoms with van der Waals surface area (Å²) in [6.07, 6.45) is 4.26. The third kappa shape index (κ3) is 4.72. The van der Waals surface area contributed by atoms with Crippen molar-refractivity contribution in [2.24, 2.45) is 5.92 Å². The molecule has 0 atom stereocenters. The molecule has 1 aliphatic heterocycles. The molecule has 0 bridgehead atoms. The van der Waals surface area contributed by atoms with Crippen LogP contribution in [0.15, 0.2) is 24.3 Å².